The minimum absolute atomic E-state index is 0.0548. The number of benzene rings is 8. The van der Waals surface area contributed by atoms with Crippen molar-refractivity contribution in [1.29, 1.82) is 43.3 Å². The monoisotopic (exact) mass is 2050 g/mol. The third kappa shape index (κ3) is 50.4. The predicted octanol–water partition coefficient (Wildman–Crippen LogP) is 26.5. The van der Waals surface area contributed by atoms with Crippen LogP contribution in [0.5, 0.6) is 28.7 Å². The van der Waals surface area contributed by atoms with Crippen LogP contribution in [-0.2, 0) is 19.3 Å². The second-order valence-corrected chi connectivity index (χ2v) is 34.6. The Balaban J connectivity index is 0.000000652. The zero-order valence-electron chi connectivity index (χ0n) is 65.9. The van der Waals surface area contributed by atoms with E-state index < -0.39 is 30.5 Å². The molecule has 0 heterocycles. The molecule has 18 nitrogen and oxygen atoms in total. The standard InChI is InChI=1S/3C11H14BrNO2.4C11H14BrNO.C11H14BrN/c1-7(13)2-5-10(14)8-3-4-9(12)11(15)6-8;1-7(13)2-3-11(15)8-4-9(12)6-10(14)5-8;1-7(13)3-2-4-8-5-9(12)6-10(14)11(8)15;1-8(13)2-7-11(14)9-3-5-10(12)6-4-9;1-8(13)3-2-4-9-5-10(12)7-11(14)6-9;1-8(13)5-6-11(14)9-3-2-4-10(12)7-9;1-8(13)6-7-11(14)9-4-2-3-5-10(9)12;1-9(13)5-4-7-10-6-2-3-8-11(10)12/h3-4,6,10,13-15H,2,5H2,1H3;4-6,11,13-15H,2-3H2,1H3;5-6,13-15H,2-4H2,1H3;3-6,11,13-14H,2,7H2,1H3;5-7,13-14H,2-4H2,1H3;2-4,7,11,13-14H,5-6H2,1H3;2-5,11,13-14H,6-7H2,1H3;2-3,6,8,13H,4-5,7H2,1H3/t10-;11-;;11-;;2*11-;/m00.0.00./s1/i8*12-4. The first-order valence-electron chi connectivity index (χ1n) is 36.9. The van der Waals surface area contributed by atoms with Crippen LogP contribution < -0.4 is 0 Å². The highest BCUT2D eigenvalue weighted by Gasteiger charge is 2.15. The molecule has 0 fully saturated rings. The summed E-state index contributed by atoms with van der Waals surface area (Å²) >= 11 is 26.6. The minimum atomic E-state index is -0.631. The highest BCUT2D eigenvalue weighted by atomic mass is 75.9. The van der Waals surface area contributed by atoms with Crippen molar-refractivity contribution in [1.82, 2.24) is 0 Å². The molecule has 0 amide bonds. The zero-order valence-corrected chi connectivity index (χ0v) is 78.6. The van der Waals surface area contributed by atoms with Crippen LogP contribution in [0.1, 0.15) is 233 Å². The van der Waals surface area contributed by atoms with Gasteiger partial charge in [-0.1, -0.05) is 178 Å². The van der Waals surface area contributed by atoms with E-state index >= 15 is 0 Å². The number of aromatic hydroxyl groups is 5. The van der Waals surface area contributed by atoms with Crippen molar-refractivity contribution in [3.8, 4) is 28.7 Å². The number of halogens is 8. The van der Waals surface area contributed by atoms with Crippen LogP contribution in [0.4, 0.5) is 0 Å². The topological polar surface area (TPSA) is 393 Å². The molecule has 8 aromatic rings. The van der Waals surface area contributed by atoms with Gasteiger partial charge in [0.1, 0.15) is 17.2 Å². The molecule has 0 aromatic heterocycles. The molecule has 0 aliphatic rings. The van der Waals surface area contributed by atoms with Gasteiger partial charge in [0.05, 0.1) is 35.0 Å². The van der Waals surface area contributed by atoms with Crippen LogP contribution in [0, 0.1) is 43.3 Å². The minimum Gasteiger partial charge on any atom is -0.508 e. The molecule has 0 bridgehead atoms. The molecule has 0 saturated heterocycles. The molecule has 8 rings (SSSR count). The van der Waals surface area contributed by atoms with Gasteiger partial charge in [-0.05, 0) is 335 Å². The van der Waals surface area contributed by atoms with Gasteiger partial charge in [0, 0.05) is 77.0 Å². The second kappa shape index (κ2) is 59.4. The van der Waals surface area contributed by atoms with Gasteiger partial charge in [-0.15, -0.1) is 0 Å². The Kier molecular flexibility index (Phi) is 55.1. The SMILES string of the molecule is CC(=N)CCCc1cc(O)cc([76Br])c1.CC(=N)CCCc1cc([76Br])cc(O)c1O.CC(=N)CCCc1ccccc1[76Br].CC(=N)CC[C@H](O)c1cc(O)cc([76Br])c1.CC(=N)CC[C@H](O)c1ccc([76Br])c(O)c1.CC(=N)CC[C@H](O)c1ccc([76Br])cc1.CC(=N)CC[C@H](O)c1cccc([76Br])c1.CC(=N)CC[C@H](O)c1ccccc1[76Br]. The van der Waals surface area contributed by atoms with Crippen molar-refractivity contribution in [2.24, 2.45) is 0 Å². The van der Waals surface area contributed by atoms with E-state index in [0.717, 1.165) is 99.7 Å². The van der Waals surface area contributed by atoms with Crippen molar-refractivity contribution in [2.75, 3.05) is 0 Å². The Labute approximate surface area is 741 Å². The number of hydrogen-bond donors (Lipinski definition) is 18. The maximum atomic E-state index is 9.82. The molecule has 8 aromatic carbocycles. The highest BCUT2D eigenvalue weighted by molar-refractivity contribution is 9.11. The summed E-state index contributed by atoms with van der Waals surface area (Å²) in [5.41, 5.74) is 12.3. The van der Waals surface area contributed by atoms with Gasteiger partial charge in [-0.3, -0.25) is 0 Å². The molecule has 620 valence electrons. The van der Waals surface area contributed by atoms with Gasteiger partial charge in [0.25, 0.3) is 0 Å². The summed E-state index contributed by atoms with van der Waals surface area (Å²) in [5, 5.41) is 154. The summed E-state index contributed by atoms with van der Waals surface area (Å²) in [6, 6.07) is 49.7. The normalized spacial score (nSPS) is 11.6. The van der Waals surface area contributed by atoms with Gasteiger partial charge in [-0.25, -0.2) is 0 Å². The van der Waals surface area contributed by atoms with Gasteiger partial charge >= 0.3 is 0 Å². The average molecular weight is 2050 g/mol. The first-order valence-corrected chi connectivity index (χ1v) is 43.3. The van der Waals surface area contributed by atoms with E-state index in [4.69, 9.17) is 43.3 Å². The van der Waals surface area contributed by atoms with Gasteiger partial charge in [-0.2, -0.15) is 0 Å². The lowest BCUT2D eigenvalue weighted by molar-refractivity contribution is 0.169. The molecule has 114 heavy (non-hydrogen) atoms. The van der Waals surface area contributed by atoms with Crippen LogP contribution in [0.15, 0.2) is 200 Å². The van der Waals surface area contributed by atoms with E-state index in [1.54, 1.807) is 84.0 Å². The Hall–Kier alpha value is -6.24. The highest BCUT2D eigenvalue weighted by Crippen LogP contribution is 2.35. The molecule has 0 spiro atoms. The molecule has 18 N–H and O–H groups in total. The van der Waals surface area contributed by atoms with Crippen molar-refractivity contribution < 1.29 is 51.1 Å². The van der Waals surface area contributed by atoms with Crippen molar-refractivity contribution in [3.63, 3.8) is 0 Å². The molecule has 0 unspecified atom stereocenters. The Morgan fingerprint density at radius 3 is 1.11 bits per heavy atom. The first kappa shape index (κ1) is 106. The fraction of sp³-hybridized carbons (Fsp3) is 0.364. The van der Waals surface area contributed by atoms with Crippen molar-refractivity contribution >= 4 is 173 Å². The number of rotatable bonds is 32. The summed E-state index contributed by atoms with van der Waals surface area (Å²) in [6.45, 7) is 14.1. The molecule has 0 saturated carbocycles. The van der Waals surface area contributed by atoms with E-state index in [1.165, 1.54) is 28.2 Å². The van der Waals surface area contributed by atoms with Crippen molar-refractivity contribution in [3.05, 3.63) is 244 Å². The Morgan fingerprint density at radius 1 is 0.281 bits per heavy atom. The number of aryl methyl sites for hydroxylation is 3. The number of aliphatic hydroxyl groups excluding tert-OH is 5. The third-order valence-corrected chi connectivity index (χ3v) is 21.0. The number of phenolic OH excluding ortho intramolecular Hbond substituents is 5. The number of phenols is 5. The van der Waals surface area contributed by atoms with Gasteiger partial charge in [0.15, 0.2) is 11.5 Å². The lowest BCUT2D eigenvalue weighted by Crippen LogP contribution is -2.01. The van der Waals surface area contributed by atoms with E-state index in [9.17, 15) is 51.1 Å². The summed E-state index contributed by atoms with van der Waals surface area (Å²) < 4.78 is 7.09. The maximum Gasteiger partial charge on any atom is 0.160 e. The molecule has 0 aliphatic heterocycles. The molecule has 0 radical (unpaired) electrons. The quantitative estimate of drug-likeness (QED) is 0.0140. The average Bonchev–Trinajstić information content (AvgIpc) is 0.856. The Morgan fingerprint density at radius 2 is 0.667 bits per heavy atom. The van der Waals surface area contributed by atoms with Gasteiger partial charge < -0.3 is 94.3 Å². The maximum absolute atomic E-state index is 9.82. The number of nitrogens with one attached hydrogen (secondary N) is 8. The zero-order chi connectivity index (χ0) is 86.2. The first-order chi connectivity index (χ1) is 53.6. The van der Waals surface area contributed by atoms with E-state index in [2.05, 4.69) is 146 Å². The van der Waals surface area contributed by atoms with Gasteiger partial charge in [0.2, 0.25) is 0 Å². The van der Waals surface area contributed by atoms with Crippen LogP contribution in [0.2, 0.25) is 0 Å². The van der Waals surface area contributed by atoms with Crippen LogP contribution >= 0.6 is 127 Å². The summed E-state index contributed by atoms with van der Waals surface area (Å²) in [5.74, 6) is 0.385. The predicted molar refractivity (Wildman–Crippen MR) is 498 cm³/mol. The van der Waals surface area contributed by atoms with E-state index in [-0.39, 0.29) is 23.0 Å². The molecule has 5 atom stereocenters. The lowest BCUT2D eigenvalue weighted by Gasteiger charge is -2.11. The molecular weight excluding hydrogens is 1940 g/mol. The lowest BCUT2D eigenvalue weighted by atomic mass is 10.0. The number of hydrogen-bond acceptors (Lipinski definition) is 18. The summed E-state index contributed by atoms with van der Waals surface area (Å²) in [7, 11) is 0. The fourth-order valence-electron chi connectivity index (χ4n) is 10.2. The van der Waals surface area contributed by atoms with Crippen molar-refractivity contribution in [2.45, 2.75) is 208 Å². The second-order valence-electron chi connectivity index (χ2n) is 27.5. The smallest absolute Gasteiger partial charge is 0.160 e. The van der Waals surface area contributed by atoms with E-state index in [1.807, 2.05) is 98.8 Å². The summed E-state index contributed by atoms with van der Waals surface area (Å²) in [4.78, 5) is 0. The van der Waals surface area contributed by atoms with Crippen LogP contribution in [-0.4, -0.2) is 96.8 Å². The third-order valence-electron chi connectivity index (χ3n) is 16.4. The van der Waals surface area contributed by atoms with Crippen LogP contribution in [0.3, 0.4) is 0 Å². The summed E-state index contributed by atoms with van der Waals surface area (Å²) in [6.07, 6.45) is 11.2. The molecule has 0 aliphatic carbocycles. The van der Waals surface area contributed by atoms with E-state index in [0.29, 0.717) is 144 Å². The fourth-order valence-corrected chi connectivity index (χ4v) is 13.7. The largest absolute Gasteiger partial charge is 0.508 e. The molecule has 26 heteroatoms. The Bertz CT molecular complexity index is 4280. The molecular formula is C88H112Br8N8O10. The van der Waals surface area contributed by atoms with Crippen LogP contribution in [0.25, 0.3) is 0 Å². The number of aliphatic hydroxyl groups is 5.